The van der Waals surface area contributed by atoms with Crippen molar-refractivity contribution in [1.29, 1.82) is 0 Å². The predicted octanol–water partition coefficient (Wildman–Crippen LogP) is 3.75. The summed E-state index contributed by atoms with van der Waals surface area (Å²) in [5.41, 5.74) is 0.224. The van der Waals surface area contributed by atoms with Gasteiger partial charge in [0.15, 0.2) is 0 Å². The van der Waals surface area contributed by atoms with Crippen molar-refractivity contribution in [2.75, 3.05) is 13.1 Å². The zero-order valence-corrected chi connectivity index (χ0v) is 12.4. The van der Waals surface area contributed by atoms with E-state index in [-0.39, 0.29) is 11.2 Å². The lowest BCUT2D eigenvalue weighted by Crippen LogP contribution is -2.48. The number of nitrogens with one attached hydrogen (secondary N) is 1. The predicted molar refractivity (Wildman–Crippen MR) is 74.4 cm³/mol. The van der Waals surface area contributed by atoms with Crippen LogP contribution in [0.15, 0.2) is 0 Å². The van der Waals surface area contributed by atoms with E-state index in [4.69, 9.17) is 4.74 Å². The standard InChI is InChI=1S/C15H31NO/c1-6-14(4,5)17-15(8-7-9-15)10-11-16-12-13(2)3/h13,16H,6-12H2,1-5H3. The molecule has 0 saturated heterocycles. The maximum absolute atomic E-state index is 6.38. The molecule has 1 fully saturated rings. The Morgan fingerprint density at radius 1 is 1.29 bits per heavy atom. The van der Waals surface area contributed by atoms with Gasteiger partial charge in [0.25, 0.3) is 0 Å². The Balaban J connectivity index is 2.31. The summed E-state index contributed by atoms with van der Waals surface area (Å²) in [5, 5.41) is 3.53. The van der Waals surface area contributed by atoms with Gasteiger partial charge in [-0.05, 0) is 65.0 Å². The molecule has 2 nitrogen and oxygen atoms in total. The lowest BCUT2D eigenvalue weighted by molar-refractivity contribution is -0.182. The van der Waals surface area contributed by atoms with Crippen molar-refractivity contribution < 1.29 is 4.74 Å². The molecule has 0 radical (unpaired) electrons. The summed E-state index contributed by atoms with van der Waals surface area (Å²) in [5.74, 6) is 0.736. The molecule has 17 heavy (non-hydrogen) atoms. The first kappa shape index (κ1) is 15.0. The fourth-order valence-electron chi connectivity index (χ4n) is 2.34. The maximum Gasteiger partial charge on any atom is 0.0702 e. The first-order valence-electron chi connectivity index (χ1n) is 7.30. The molecule has 0 atom stereocenters. The average Bonchev–Trinajstić information content (AvgIpc) is 2.20. The first-order chi connectivity index (χ1) is 7.89. The largest absolute Gasteiger partial charge is 0.369 e. The Morgan fingerprint density at radius 2 is 1.94 bits per heavy atom. The maximum atomic E-state index is 6.38. The summed E-state index contributed by atoms with van der Waals surface area (Å²) < 4.78 is 6.38. The molecule has 0 bridgehead atoms. The van der Waals surface area contributed by atoms with E-state index in [1.807, 2.05) is 0 Å². The van der Waals surface area contributed by atoms with Gasteiger partial charge in [-0.2, -0.15) is 0 Å². The summed E-state index contributed by atoms with van der Waals surface area (Å²) in [4.78, 5) is 0. The molecule has 102 valence electrons. The molecule has 0 aromatic heterocycles. The van der Waals surface area contributed by atoms with Crippen LogP contribution in [-0.2, 0) is 4.74 Å². The van der Waals surface area contributed by atoms with E-state index in [0.717, 1.165) is 25.4 Å². The molecule has 0 aliphatic heterocycles. The lowest BCUT2D eigenvalue weighted by Gasteiger charge is -2.47. The molecule has 0 aromatic carbocycles. The van der Waals surface area contributed by atoms with Gasteiger partial charge in [0.1, 0.15) is 0 Å². The van der Waals surface area contributed by atoms with Crippen LogP contribution in [0.3, 0.4) is 0 Å². The number of hydrogen-bond acceptors (Lipinski definition) is 2. The lowest BCUT2D eigenvalue weighted by atomic mass is 9.76. The van der Waals surface area contributed by atoms with E-state index in [2.05, 4.69) is 39.9 Å². The first-order valence-corrected chi connectivity index (χ1v) is 7.30. The molecule has 1 aliphatic rings. The Kier molecular flexibility index (Phi) is 5.46. The second-order valence-corrected chi connectivity index (χ2v) is 6.60. The smallest absolute Gasteiger partial charge is 0.0702 e. The van der Waals surface area contributed by atoms with Crippen LogP contribution in [0.4, 0.5) is 0 Å². The minimum Gasteiger partial charge on any atom is -0.369 e. The third-order valence-electron chi connectivity index (χ3n) is 3.92. The van der Waals surface area contributed by atoms with Gasteiger partial charge < -0.3 is 10.1 Å². The molecule has 0 aromatic rings. The highest BCUT2D eigenvalue weighted by atomic mass is 16.5. The Labute approximate surface area is 108 Å². The van der Waals surface area contributed by atoms with Crippen molar-refractivity contribution in [1.82, 2.24) is 5.32 Å². The molecule has 0 heterocycles. The van der Waals surface area contributed by atoms with E-state index in [0.29, 0.717) is 0 Å². The number of rotatable bonds is 8. The summed E-state index contributed by atoms with van der Waals surface area (Å²) in [6.45, 7) is 13.4. The molecule has 1 aliphatic carbocycles. The molecule has 0 spiro atoms. The third kappa shape index (κ3) is 4.97. The molecule has 1 saturated carbocycles. The molecular weight excluding hydrogens is 210 g/mol. The van der Waals surface area contributed by atoms with Crippen molar-refractivity contribution in [3.05, 3.63) is 0 Å². The van der Waals surface area contributed by atoms with Crippen molar-refractivity contribution >= 4 is 0 Å². The van der Waals surface area contributed by atoms with E-state index in [1.54, 1.807) is 0 Å². The normalized spacial score (nSPS) is 19.4. The zero-order valence-electron chi connectivity index (χ0n) is 12.4. The van der Waals surface area contributed by atoms with Crippen molar-refractivity contribution in [3.63, 3.8) is 0 Å². The van der Waals surface area contributed by atoms with Crippen LogP contribution in [0, 0.1) is 5.92 Å². The van der Waals surface area contributed by atoms with Crippen LogP contribution in [0.2, 0.25) is 0 Å². The molecule has 0 unspecified atom stereocenters. The van der Waals surface area contributed by atoms with E-state index in [9.17, 15) is 0 Å². The van der Waals surface area contributed by atoms with Crippen LogP contribution < -0.4 is 5.32 Å². The monoisotopic (exact) mass is 241 g/mol. The molecule has 1 rings (SSSR count). The molecule has 0 amide bonds. The summed E-state index contributed by atoms with van der Waals surface area (Å²) in [6.07, 6.45) is 6.10. The highest BCUT2D eigenvalue weighted by Crippen LogP contribution is 2.41. The van der Waals surface area contributed by atoms with E-state index >= 15 is 0 Å². The molecule has 1 N–H and O–H groups in total. The highest BCUT2D eigenvalue weighted by Gasteiger charge is 2.41. The fraction of sp³-hybridized carbons (Fsp3) is 1.00. The Hall–Kier alpha value is -0.0800. The van der Waals surface area contributed by atoms with Crippen molar-refractivity contribution in [3.8, 4) is 0 Å². The molecular formula is C15H31NO. The van der Waals surface area contributed by atoms with Gasteiger partial charge in [-0.3, -0.25) is 0 Å². The van der Waals surface area contributed by atoms with Gasteiger partial charge in [0, 0.05) is 0 Å². The number of hydrogen-bond donors (Lipinski definition) is 1. The van der Waals surface area contributed by atoms with Crippen LogP contribution >= 0.6 is 0 Å². The van der Waals surface area contributed by atoms with Crippen LogP contribution in [-0.4, -0.2) is 24.3 Å². The van der Waals surface area contributed by atoms with Crippen LogP contribution in [0.1, 0.15) is 66.7 Å². The average molecular weight is 241 g/mol. The van der Waals surface area contributed by atoms with Crippen molar-refractivity contribution in [2.45, 2.75) is 77.9 Å². The van der Waals surface area contributed by atoms with Gasteiger partial charge in [0.05, 0.1) is 11.2 Å². The summed E-state index contributed by atoms with van der Waals surface area (Å²) in [6, 6.07) is 0. The topological polar surface area (TPSA) is 21.3 Å². The minimum absolute atomic E-state index is 0.0401. The Morgan fingerprint density at radius 3 is 2.35 bits per heavy atom. The summed E-state index contributed by atoms with van der Waals surface area (Å²) in [7, 11) is 0. The fourth-order valence-corrected chi connectivity index (χ4v) is 2.34. The quantitative estimate of drug-likeness (QED) is 0.653. The molecule has 2 heteroatoms. The highest BCUT2D eigenvalue weighted by molar-refractivity contribution is 4.92. The van der Waals surface area contributed by atoms with E-state index < -0.39 is 0 Å². The van der Waals surface area contributed by atoms with Gasteiger partial charge in [-0.15, -0.1) is 0 Å². The Bertz CT molecular complexity index is 219. The second kappa shape index (κ2) is 6.19. The second-order valence-electron chi connectivity index (χ2n) is 6.60. The van der Waals surface area contributed by atoms with Crippen LogP contribution in [0.5, 0.6) is 0 Å². The SMILES string of the molecule is CCC(C)(C)OC1(CCNCC(C)C)CCC1. The number of ether oxygens (including phenoxy) is 1. The minimum atomic E-state index is 0.0401. The van der Waals surface area contributed by atoms with Gasteiger partial charge in [-0.1, -0.05) is 20.8 Å². The van der Waals surface area contributed by atoms with Crippen molar-refractivity contribution in [2.24, 2.45) is 5.92 Å². The zero-order chi connectivity index (χ0) is 12.9. The summed E-state index contributed by atoms with van der Waals surface area (Å²) >= 11 is 0. The van der Waals surface area contributed by atoms with Gasteiger partial charge in [0.2, 0.25) is 0 Å². The van der Waals surface area contributed by atoms with Crippen LogP contribution in [0.25, 0.3) is 0 Å². The third-order valence-corrected chi connectivity index (χ3v) is 3.92. The van der Waals surface area contributed by atoms with E-state index in [1.165, 1.54) is 25.7 Å². The van der Waals surface area contributed by atoms with Gasteiger partial charge >= 0.3 is 0 Å². The van der Waals surface area contributed by atoms with Gasteiger partial charge in [-0.25, -0.2) is 0 Å².